The van der Waals surface area contributed by atoms with Crippen LogP contribution in [0.25, 0.3) is 0 Å². The fourth-order valence-corrected chi connectivity index (χ4v) is 1.86. The Kier molecular flexibility index (Phi) is 3.66. The van der Waals surface area contributed by atoms with Crippen molar-refractivity contribution < 1.29 is 9.47 Å². The van der Waals surface area contributed by atoms with Crippen LogP contribution in [0, 0.1) is 0 Å². The maximum Gasteiger partial charge on any atom is 0.117 e. The minimum absolute atomic E-state index is 0.0637. The van der Waals surface area contributed by atoms with Crippen LogP contribution in [0.5, 0.6) is 0 Å². The number of rotatable bonds is 6. The maximum atomic E-state index is 5.85. The minimum Gasteiger partial charge on any atom is -0.494 e. The van der Waals surface area contributed by atoms with Crippen LogP contribution in [0.1, 0.15) is 26.7 Å². The van der Waals surface area contributed by atoms with E-state index in [0.29, 0.717) is 0 Å². The third kappa shape index (κ3) is 2.47. The van der Waals surface area contributed by atoms with Gasteiger partial charge in [-0.25, -0.2) is 0 Å². The second-order valence-electron chi connectivity index (χ2n) is 4.44. The van der Waals surface area contributed by atoms with Crippen LogP contribution in [0.4, 0.5) is 0 Å². The highest BCUT2D eigenvalue weighted by atomic mass is 16.5. The van der Waals surface area contributed by atoms with Gasteiger partial charge in [-0.2, -0.15) is 0 Å². The summed E-state index contributed by atoms with van der Waals surface area (Å²) in [7, 11) is 0. The molecule has 3 nitrogen and oxygen atoms in total. The monoisotopic (exact) mass is 223 g/mol. The number of ether oxygens (including phenoxy) is 2. The van der Waals surface area contributed by atoms with Crippen molar-refractivity contribution >= 4 is 0 Å². The largest absolute Gasteiger partial charge is 0.494 e. The van der Waals surface area contributed by atoms with Crippen molar-refractivity contribution in [3.8, 4) is 0 Å². The molecule has 3 heteroatoms. The summed E-state index contributed by atoms with van der Waals surface area (Å²) >= 11 is 0. The molecule has 1 fully saturated rings. The molecule has 1 heterocycles. The molecule has 0 aromatic heterocycles. The van der Waals surface area contributed by atoms with Crippen molar-refractivity contribution in [1.29, 1.82) is 0 Å². The molecule has 1 saturated heterocycles. The van der Waals surface area contributed by atoms with Crippen molar-refractivity contribution in [3.05, 3.63) is 24.0 Å². The number of hydrogen-bond acceptors (Lipinski definition) is 3. The second kappa shape index (κ2) is 5.02. The summed E-state index contributed by atoms with van der Waals surface area (Å²) < 4.78 is 11.5. The molecule has 0 bridgehead atoms. The van der Waals surface area contributed by atoms with E-state index in [1.165, 1.54) is 0 Å². The molecular formula is C13H21NO2. The molecule has 90 valence electrons. The van der Waals surface area contributed by atoms with Crippen molar-refractivity contribution in [2.24, 2.45) is 0 Å². The Morgan fingerprint density at radius 3 is 2.75 bits per heavy atom. The standard InChI is InChI=1S/C13H21NO2/c1-3-7-15-11-5-6-13(10-14-13)12(9-11)16-8-4-2/h5-6,9,12,14H,3-4,7-8,10H2,1-2H3. The van der Waals surface area contributed by atoms with Crippen LogP contribution in [0.2, 0.25) is 0 Å². The lowest BCUT2D eigenvalue weighted by molar-refractivity contribution is 0.0641. The zero-order valence-corrected chi connectivity index (χ0v) is 10.2. The third-order valence-electron chi connectivity index (χ3n) is 2.93. The lowest BCUT2D eigenvalue weighted by Crippen LogP contribution is -2.34. The zero-order valence-electron chi connectivity index (χ0n) is 10.2. The molecule has 0 amide bonds. The van der Waals surface area contributed by atoms with Gasteiger partial charge in [0.25, 0.3) is 0 Å². The Bertz CT molecular complexity index is 292. The minimum atomic E-state index is 0.0637. The predicted molar refractivity (Wildman–Crippen MR) is 64.2 cm³/mol. The molecular weight excluding hydrogens is 202 g/mol. The number of allylic oxidation sites excluding steroid dienone is 1. The van der Waals surface area contributed by atoms with Crippen LogP contribution >= 0.6 is 0 Å². The fraction of sp³-hybridized carbons (Fsp3) is 0.692. The average molecular weight is 223 g/mol. The van der Waals surface area contributed by atoms with Gasteiger partial charge in [0, 0.05) is 13.2 Å². The van der Waals surface area contributed by atoms with E-state index in [1.54, 1.807) is 0 Å². The smallest absolute Gasteiger partial charge is 0.117 e. The number of hydrogen-bond donors (Lipinski definition) is 1. The summed E-state index contributed by atoms with van der Waals surface area (Å²) in [5, 5.41) is 3.37. The SMILES string of the molecule is CCCOC1=CC(OCCC)C2(C=C1)CN2. The van der Waals surface area contributed by atoms with Crippen LogP contribution in [0.3, 0.4) is 0 Å². The first-order chi connectivity index (χ1) is 7.80. The average Bonchev–Trinajstić information content (AvgIpc) is 3.07. The first kappa shape index (κ1) is 11.7. The van der Waals surface area contributed by atoms with Gasteiger partial charge in [0.15, 0.2) is 0 Å². The molecule has 2 rings (SSSR count). The maximum absolute atomic E-state index is 5.85. The van der Waals surface area contributed by atoms with E-state index < -0.39 is 0 Å². The summed E-state index contributed by atoms with van der Waals surface area (Å²) in [4.78, 5) is 0. The van der Waals surface area contributed by atoms with Gasteiger partial charge in [-0.15, -0.1) is 0 Å². The van der Waals surface area contributed by atoms with Gasteiger partial charge in [0.1, 0.15) is 11.9 Å². The Hall–Kier alpha value is -0.800. The predicted octanol–water partition coefficient (Wildman–Crippen LogP) is 2.00. The second-order valence-corrected chi connectivity index (χ2v) is 4.44. The number of nitrogens with one attached hydrogen (secondary N) is 1. The lowest BCUT2D eigenvalue weighted by Gasteiger charge is -2.24. The topological polar surface area (TPSA) is 40.4 Å². The van der Waals surface area contributed by atoms with Crippen molar-refractivity contribution in [2.75, 3.05) is 19.8 Å². The molecule has 0 aromatic rings. The summed E-state index contributed by atoms with van der Waals surface area (Å²) in [6.45, 7) is 6.83. The molecule has 1 aliphatic heterocycles. The van der Waals surface area contributed by atoms with Crippen molar-refractivity contribution in [3.63, 3.8) is 0 Å². The highest BCUT2D eigenvalue weighted by Gasteiger charge is 2.48. The highest BCUT2D eigenvalue weighted by molar-refractivity contribution is 5.36. The Labute approximate surface area is 97.5 Å². The fourth-order valence-electron chi connectivity index (χ4n) is 1.86. The van der Waals surface area contributed by atoms with Crippen molar-refractivity contribution in [1.82, 2.24) is 5.32 Å². The van der Waals surface area contributed by atoms with E-state index in [0.717, 1.165) is 38.4 Å². The van der Waals surface area contributed by atoms with E-state index in [1.807, 2.05) is 0 Å². The van der Waals surface area contributed by atoms with Gasteiger partial charge in [-0.05, 0) is 25.0 Å². The van der Waals surface area contributed by atoms with E-state index in [-0.39, 0.29) is 11.6 Å². The first-order valence-electron chi connectivity index (χ1n) is 6.21. The summed E-state index contributed by atoms with van der Waals surface area (Å²) in [6, 6.07) is 0. The zero-order chi connectivity index (χ0) is 11.4. The molecule has 1 N–H and O–H groups in total. The highest BCUT2D eigenvalue weighted by Crippen LogP contribution is 2.32. The Morgan fingerprint density at radius 2 is 2.12 bits per heavy atom. The van der Waals surface area contributed by atoms with Crippen molar-refractivity contribution in [2.45, 2.75) is 38.3 Å². The summed E-state index contributed by atoms with van der Waals surface area (Å²) in [6.07, 6.45) is 8.56. The van der Waals surface area contributed by atoms with Crippen LogP contribution in [-0.4, -0.2) is 31.4 Å². The summed E-state index contributed by atoms with van der Waals surface area (Å²) in [5.41, 5.74) is 0.0637. The van der Waals surface area contributed by atoms with Crippen LogP contribution < -0.4 is 5.32 Å². The van der Waals surface area contributed by atoms with Gasteiger partial charge in [0.05, 0.1) is 12.1 Å². The Balaban J connectivity index is 1.95. The molecule has 0 radical (unpaired) electrons. The normalized spacial score (nSPS) is 31.6. The molecule has 0 saturated carbocycles. The van der Waals surface area contributed by atoms with Crippen LogP contribution in [0.15, 0.2) is 24.0 Å². The van der Waals surface area contributed by atoms with E-state index >= 15 is 0 Å². The third-order valence-corrected chi connectivity index (χ3v) is 2.93. The van der Waals surface area contributed by atoms with Gasteiger partial charge in [0.2, 0.25) is 0 Å². The quantitative estimate of drug-likeness (QED) is 0.700. The van der Waals surface area contributed by atoms with Gasteiger partial charge < -0.3 is 14.8 Å². The molecule has 2 unspecified atom stereocenters. The molecule has 2 atom stereocenters. The van der Waals surface area contributed by atoms with E-state index in [4.69, 9.17) is 9.47 Å². The molecule has 1 spiro atoms. The van der Waals surface area contributed by atoms with Crippen LogP contribution in [-0.2, 0) is 9.47 Å². The Morgan fingerprint density at radius 1 is 1.38 bits per heavy atom. The summed E-state index contributed by atoms with van der Waals surface area (Å²) in [5.74, 6) is 0.947. The molecule has 0 aromatic carbocycles. The lowest BCUT2D eigenvalue weighted by atomic mass is 9.96. The van der Waals surface area contributed by atoms with Gasteiger partial charge in [-0.1, -0.05) is 19.9 Å². The molecule has 2 aliphatic rings. The van der Waals surface area contributed by atoms with Gasteiger partial charge >= 0.3 is 0 Å². The van der Waals surface area contributed by atoms with E-state index in [9.17, 15) is 0 Å². The first-order valence-corrected chi connectivity index (χ1v) is 6.21. The van der Waals surface area contributed by atoms with E-state index in [2.05, 4.69) is 37.4 Å². The molecule has 1 aliphatic carbocycles. The van der Waals surface area contributed by atoms with Gasteiger partial charge in [-0.3, -0.25) is 0 Å². The molecule has 16 heavy (non-hydrogen) atoms.